The molecule has 0 saturated heterocycles. The van der Waals surface area contributed by atoms with E-state index in [0.717, 1.165) is 5.39 Å². The van der Waals surface area contributed by atoms with Gasteiger partial charge in [0.15, 0.2) is 0 Å². The van der Waals surface area contributed by atoms with Crippen LogP contribution in [0, 0.1) is 0 Å². The average Bonchev–Trinajstić information content (AvgIpc) is 3.28. The molecule has 0 bridgehead atoms. The van der Waals surface area contributed by atoms with E-state index in [1.807, 2.05) is 18.2 Å². The van der Waals surface area contributed by atoms with Crippen LogP contribution in [-0.4, -0.2) is 20.2 Å². The lowest BCUT2D eigenvalue weighted by Gasteiger charge is -2.10. The maximum atomic E-state index is 12.8. The third kappa shape index (κ3) is 3.80. The van der Waals surface area contributed by atoms with Crippen LogP contribution in [0.5, 0.6) is 17.2 Å². The molecule has 3 aromatic carbocycles. The Kier molecular flexibility index (Phi) is 5.06. The van der Waals surface area contributed by atoms with Crippen LogP contribution in [-0.2, 0) is 0 Å². The van der Waals surface area contributed by atoms with Crippen molar-refractivity contribution in [2.24, 2.45) is 0 Å². The summed E-state index contributed by atoms with van der Waals surface area (Å²) in [7, 11) is 3.07. The summed E-state index contributed by atoms with van der Waals surface area (Å²) < 4.78 is 27.2. The summed E-state index contributed by atoms with van der Waals surface area (Å²) in [5.74, 6) is 0.753. The first-order valence-electron chi connectivity index (χ1n) is 10.1. The minimum absolute atomic E-state index is 0.0817. The molecule has 0 saturated carbocycles. The van der Waals surface area contributed by atoms with Crippen molar-refractivity contribution in [2.75, 3.05) is 14.2 Å². The van der Waals surface area contributed by atoms with E-state index in [-0.39, 0.29) is 17.1 Å². The molecule has 5 aromatic rings. The summed E-state index contributed by atoms with van der Waals surface area (Å²) in [5, 5.41) is 1.45. The molecule has 0 fully saturated rings. The van der Waals surface area contributed by atoms with Crippen LogP contribution in [0.1, 0.15) is 10.6 Å². The van der Waals surface area contributed by atoms with Crippen LogP contribution in [0.3, 0.4) is 0 Å². The minimum atomic E-state index is -0.648. The number of fused-ring (bicyclic) bond motifs is 2. The summed E-state index contributed by atoms with van der Waals surface area (Å²) in [4.78, 5) is 25.3. The van der Waals surface area contributed by atoms with Gasteiger partial charge in [0.1, 0.15) is 28.4 Å². The van der Waals surface area contributed by atoms with E-state index in [4.69, 9.17) is 23.0 Å². The number of ether oxygens (including phenoxy) is 3. The van der Waals surface area contributed by atoms with Crippen LogP contribution < -0.4 is 19.8 Å². The third-order valence-electron chi connectivity index (χ3n) is 5.24. The fraction of sp³-hybridized carbons (Fsp3) is 0.0769. The largest absolute Gasteiger partial charge is 0.497 e. The maximum absolute atomic E-state index is 12.8. The first-order chi connectivity index (χ1) is 16.1. The van der Waals surface area contributed by atoms with Crippen molar-refractivity contribution >= 4 is 27.9 Å². The number of hydrogen-bond acceptors (Lipinski definition) is 7. The van der Waals surface area contributed by atoms with Crippen molar-refractivity contribution in [2.45, 2.75) is 0 Å². The van der Waals surface area contributed by atoms with Gasteiger partial charge in [0.2, 0.25) is 5.76 Å². The van der Waals surface area contributed by atoms with Gasteiger partial charge in [-0.25, -0.2) is 9.59 Å². The Bertz CT molecular complexity index is 1530. The molecule has 7 heteroatoms. The van der Waals surface area contributed by atoms with E-state index >= 15 is 0 Å². The highest BCUT2D eigenvalue weighted by molar-refractivity contribution is 5.94. The van der Waals surface area contributed by atoms with Crippen molar-refractivity contribution in [1.82, 2.24) is 0 Å². The fourth-order valence-corrected chi connectivity index (χ4v) is 3.61. The van der Waals surface area contributed by atoms with Crippen molar-refractivity contribution in [3.8, 4) is 28.4 Å². The van der Waals surface area contributed by atoms with Crippen LogP contribution >= 0.6 is 0 Å². The molecule has 5 rings (SSSR count). The van der Waals surface area contributed by atoms with E-state index in [9.17, 15) is 9.59 Å². The molecule has 0 aliphatic rings. The molecule has 7 nitrogen and oxygen atoms in total. The molecular formula is C26H18O7. The number of hydrogen-bond donors (Lipinski definition) is 0. The second-order valence-electron chi connectivity index (χ2n) is 7.25. The Hall–Kier alpha value is -4.52. The number of esters is 1. The topological polar surface area (TPSA) is 88.1 Å². The zero-order valence-electron chi connectivity index (χ0n) is 17.8. The molecule has 164 valence electrons. The summed E-state index contributed by atoms with van der Waals surface area (Å²) in [6.45, 7) is 0. The lowest BCUT2D eigenvalue weighted by atomic mass is 10.0. The number of carbonyl (C=O) groups excluding carboxylic acids is 1. The molecule has 0 unspecified atom stereocenters. The van der Waals surface area contributed by atoms with E-state index in [1.165, 1.54) is 13.2 Å². The van der Waals surface area contributed by atoms with E-state index in [0.29, 0.717) is 33.6 Å². The van der Waals surface area contributed by atoms with Crippen LogP contribution in [0.2, 0.25) is 0 Å². The van der Waals surface area contributed by atoms with E-state index < -0.39 is 11.6 Å². The van der Waals surface area contributed by atoms with Crippen molar-refractivity contribution in [3.63, 3.8) is 0 Å². The van der Waals surface area contributed by atoms with Crippen molar-refractivity contribution in [3.05, 3.63) is 89.0 Å². The van der Waals surface area contributed by atoms with Gasteiger partial charge in [0.05, 0.1) is 19.8 Å². The predicted molar refractivity (Wildman–Crippen MR) is 122 cm³/mol. The Labute approximate surface area is 187 Å². The molecule has 0 aliphatic heterocycles. The Balaban J connectivity index is 1.48. The highest BCUT2D eigenvalue weighted by atomic mass is 16.5. The molecule has 2 aromatic heterocycles. The van der Waals surface area contributed by atoms with Gasteiger partial charge < -0.3 is 23.0 Å². The van der Waals surface area contributed by atoms with E-state index in [1.54, 1.807) is 55.6 Å². The van der Waals surface area contributed by atoms with Gasteiger partial charge >= 0.3 is 11.6 Å². The standard InChI is InChI=1S/C26H18O7/c1-29-17-9-10-22(30-2)19(13-17)20-11-16-7-8-18(14-23(16)33-25(20)27)31-26(28)24-12-15-5-3-4-6-21(15)32-24/h3-14H,1-2H3. The molecule has 0 amide bonds. The lowest BCUT2D eigenvalue weighted by molar-refractivity contribution is 0.0704. The first-order valence-corrected chi connectivity index (χ1v) is 10.1. The SMILES string of the molecule is COc1ccc(OC)c(-c2cc3ccc(OC(=O)c4cc5ccccc5o4)cc3oc2=O)c1. The molecular weight excluding hydrogens is 424 g/mol. The normalized spacial score (nSPS) is 11.0. The zero-order chi connectivity index (χ0) is 22.9. The predicted octanol–water partition coefficient (Wildman–Crippen LogP) is 5.44. The summed E-state index contributed by atoms with van der Waals surface area (Å²) in [6.07, 6.45) is 0. The Morgan fingerprint density at radius 1 is 0.727 bits per heavy atom. The van der Waals surface area contributed by atoms with Gasteiger partial charge in [-0.3, -0.25) is 0 Å². The number of furan rings is 1. The quantitative estimate of drug-likeness (QED) is 0.203. The van der Waals surface area contributed by atoms with Gasteiger partial charge in [-0.15, -0.1) is 0 Å². The Morgan fingerprint density at radius 2 is 1.52 bits per heavy atom. The summed E-state index contributed by atoms with van der Waals surface area (Å²) in [6, 6.07) is 20.6. The summed E-state index contributed by atoms with van der Waals surface area (Å²) in [5.41, 5.74) is 1.18. The van der Waals surface area contributed by atoms with Crippen molar-refractivity contribution < 1.29 is 27.8 Å². The highest BCUT2D eigenvalue weighted by Crippen LogP contribution is 2.33. The van der Waals surface area contributed by atoms with Crippen LogP contribution in [0.25, 0.3) is 33.1 Å². The van der Waals surface area contributed by atoms with Crippen molar-refractivity contribution in [1.29, 1.82) is 0 Å². The lowest BCUT2D eigenvalue weighted by Crippen LogP contribution is -2.07. The van der Waals surface area contributed by atoms with Gasteiger partial charge in [0.25, 0.3) is 0 Å². The average molecular weight is 442 g/mol. The van der Waals surface area contributed by atoms with Gasteiger partial charge in [-0.05, 0) is 48.5 Å². The molecule has 0 radical (unpaired) electrons. The maximum Gasteiger partial charge on any atom is 0.379 e. The number of rotatable bonds is 5. The van der Waals surface area contributed by atoms with Gasteiger partial charge in [0, 0.05) is 22.4 Å². The van der Waals surface area contributed by atoms with E-state index in [2.05, 4.69) is 0 Å². The van der Waals surface area contributed by atoms with Gasteiger partial charge in [-0.2, -0.15) is 0 Å². The Morgan fingerprint density at radius 3 is 2.30 bits per heavy atom. The number of para-hydroxylation sites is 1. The highest BCUT2D eigenvalue weighted by Gasteiger charge is 2.17. The smallest absolute Gasteiger partial charge is 0.379 e. The summed E-state index contributed by atoms with van der Waals surface area (Å²) >= 11 is 0. The second-order valence-corrected chi connectivity index (χ2v) is 7.25. The molecule has 0 spiro atoms. The monoisotopic (exact) mass is 442 g/mol. The number of methoxy groups -OCH3 is 2. The molecule has 0 atom stereocenters. The third-order valence-corrected chi connectivity index (χ3v) is 5.24. The number of benzene rings is 3. The zero-order valence-corrected chi connectivity index (χ0v) is 17.8. The molecule has 0 N–H and O–H groups in total. The molecule has 33 heavy (non-hydrogen) atoms. The second kappa shape index (κ2) is 8.20. The molecule has 0 aliphatic carbocycles. The van der Waals surface area contributed by atoms with Gasteiger partial charge in [-0.1, -0.05) is 18.2 Å². The number of carbonyl (C=O) groups is 1. The van der Waals surface area contributed by atoms with Crippen LogP contribution in [0.15, 0.2) is 86.4 Å². The molecule has 2 heterocycles. The fourth-order valence-electron chi connectivity index (χ4n) is 3.61. The first kappa shape index (κ1) is 20.4. The van der Waals surface area contributed by atoms with Crippen LogP contribution in [0.4, 0.5) is 0 Å². The minimum Gasteiger partial charge on any atom is -0.497 e.